The van der Waals surface area contributed by atoms with Crippen LogP contribution in [0.25, 0.3) is 0 Å². The summed E-state index contributed by atoms with van der Waals surface area (Å²) in [5, 5.41) is 12.4. The Bertz CT molecular complexity index is 960. The molecule has 0 fully saturated rings. The lowest BCUT2D eigenvalue weighted by Crippen LogP contribution is -2.35. The summed E-state index contributed by atoms with van der Waals surface area (Å²) < 4.78 is 0. The Hall–Kier alpha value is -2.76. The molecule has 0 radical (unpaired) electrons. The number of para-hydroxylation sites is 2. The quantitative estimate of drug-likeness (QED) is 0.559. The molecule has 2 N–H and O–H groups in total. The van der Waals surface area contributed by atoms with Crippen LogP contribution in [0.3, 0.4) is 0 Å². The fourth-order valence-electron chi connectivity index (χ4n) is 3.11. The molecule has 3 aromatic carbocycles. The summed E-state index contributed by atoms with van der Waals surface area (Å²) in [6.07, 6.45) is 0. The molecule has 0 spiro atoms. The minimum absolute atomic E-state index is 0.0126. The monoisotopic (exact) mass is 406 g/mol. The van der Waals surface area contributed by atoms with Gasteiger partial charge in [-0.1, -0.05) is 59.8 Å². The van der Waals surface area contributed by atoms with Gasteiger partial charge in [0.05, 0.1) is 18.8 Å². The Kier molecular flexibility index (Phi) is 7.33. The topological polar surface area (TPSA) is 52.6 Å². The smallest absolute Gasteiger partial charge is 0.243 e. The number of hydrogen-bond acceptors (Lipinski definition) is 4. The first kappa shape index (κ1) is 21.0. The first-order chi connectivity index (χ1) is 14.1. The maximum absolute atomic E-state index is 12.7. The van der Waals surface area contributed by atoms with Gasteiger partial charge in [0, 0.05) is 22.0 Å². The molecule has 0 aliphatic rings. The van der Waals surface area contributed by atoms with E-state index in [2.05, 4.69) is 37.4 Å². The van der Waals surface area contributed by atoms with Crippen LogP contribution in [0, 0.1) is 13.8 Å². The minimum atomic E-state index is -0.115. The molecule has 5 heteroatoms. The van der Waals surface area contributed by atoms with Crippen molar-refractivity contribution in [1.29, 1.82) is 0 Å². The predicted molar refractivity (Wildman–Crippen MR) is 121 cm³/mol. The van der Waals surface area contributed by atoms with Gasteiger partial charge in [0.15, 0.2) is 0 Å². The first-order valence-corrected chi connectivity index (χ1v) is 10.4. The van der Waals surface area contributed by atoms with Gasteiger partial charge in [-0.25, -0.2) is 0 Å². The summed E-state index contributed by atoms with van der Waals surface area (Å²) in [5.74, 6) is -0.115. The van der Waals surface area contributed by atoms with E-state index in [9.17, 15) is 9.90 Å². The second-order valence-electron chi connectivity index (χ2n) is 6.90. The second kappa shape index (κ2) is 10.1. The number of carbonyl (C=O) groups is 1. The Labute approximate surface area is 176 Å². The third-order valence-electron chi connectivity index (χ3n) is 4.54. The number of nitrogens with zero attached hydrogens (tertiary/aromatic N) is 1. The molecule has 150 valence electrons. The molecule has 0 saturated carbocycles. The van der Waals surface area contributed by atoms with E-state index in [0.29, 0.717) is 6.54 Å². The SMILES string of the molecule is Cc1ccc(Sc2ccccc2NC(=O)CN(CCO)c2ccccc2)c(C)c1. The van der Waals surface area contributed by atoms with Gasteiger partial charge in [0.2, 0.25) is 5.91 Å². The first-order valence-electron chi connectivity index (χ1n) is 9.61. The van der Waals surface area contributed by atoms with Crippen LogP contribution in [-0.2, 0) is 4.79 Å². The van der Waals surface area contributed by atoms with Crippen molar-refractivity contribution in [2.75, 3.05) is 29.9 Å². The number of aliphatic hydroxyl groups excluding tert-OH is 1. The molecule has 4 nitrogen and oxygen atoms in total. The van der Waals surface area contributed by atoms with Crippen molar-refractivity contribution in [2.24, 2.45) is 0 Å². The molecule has 3 aromatic rings. The molecule has 0 aromatic heterocycles. The van der Waals surface area contributed by atoms with Crippen molar-refractivity contribution < 1.29 is 9.90 Å². The average Bonchev–Trinajstić information content (AvgIpc) is 2.72. The molecule has 0 heterocycles. The van der Waals surface area contributed by atoms with Crippen LogP contribution in [0.15, 0.2) is 82.6 Å². The fraction of sp³-hybridized carbons (Fsp3) is 0.208. The third kappa shape index (κ3) is 5.86. The van der Waals surface area contributed by atoms with E-state index in [4.69, 9.17) is 0 Å². The van der Waals surface area contributed by atoms with E-state index >= 15 is 0 Å². The highest BCUT2D eigenvalue weighted by Gasteiger charge is 2.13. The van der Waals surface area contributed by atoms with Crippen molar-refractivity contribution in [3.63, 3.8) is 0 Å². The van der Waals surface area contributed by atoms with E-state index in [1.54, 1.807) is 11.8 Å². The number of nitrogens with one attached hydrogen (secondary N) is 1. The largest absolute Gasteiger partial charge is 0.395 e. The zero-order valence-corrected chi connectivity index (χ0v) is 17.6. The summed E-state index contributed by atoms with van der Waals surface area (Å²) in [5.41, 5.74) is 4.15. The number of hydrogen-bond donors (Lipinski definition) is 2. The fourth-order valence-corrected chi connectivity index (χ4v) is 4.08. The van der Waals surface area contributed by atoms with Gasteiger partial charge < -0.3 is 15.3 Å². The molecule has 0 atom stereocenters. The summed E-state index contributed by atoms with van der Waals surface area (Å²) in [7, 11) is 0. The van der Waals surface area contributed by atoms with E-state index in [1.165, 1.54) is 16.0 Å². The highest BCUT2D eigenvalue weighted by Crippen LogP contribution is 2.35. The lowest BCUT2D eigenvalue weighted by Gasteiger charge is -2.23. The average molecular weight is 407 g/mol. The Morgan fingerprint density at radius 2 is 1.69 bits per heavy atom. The van der Waals surface area contributed by atoms with Crippen LogP contribution < -0.4 is 10.2 Å². The molecular weight excluding hydrogens is 380 g/mol. The number of rotatable bonds is 8. The normalized spacial score (nSPS) is 10.6. The molecule has 0 aliphatic heterocycles. The lowest BCUT2D eigenvalue weighted by atomic mass is 10.2. The third-order valence-corrected chi connectivity index (χ3v) is 5.79. The maximum Gasteiger partial charge on any atom is 0.243 e. The van der Waals surface area contributed by atoms with Crippen LogP contribution in [0.1, 0.15) is 11.1 Å². The zero-order valence-electron chi connectivity index (χ0n) is 16.8. The van der Waals surface area contributed by atoms with E-state index < -0.39 is 0 Å². The summed E-state index contributed by atoms with van der Waals surface area (Å²) in [6.45, 7) is 4.74. The van der Waals surface area contributed by atoms with Crippen molar-refractivity contribution in [1.82, 2.24) is 0 Å². The molecule has 29 heavy (non-hydrogen) atoms. The van der Waals surface area contributed by atoms with E-state index in [1.807, 2.05) is 59.5 Å². The molecule has 1 amide bonds. The van der Waals surface area contributed by atoms with Gasteiger partial charge in [-0.05, 0) is 49.7 Å². The van der Waals surface area contributed by atoms with Crippen LogP contribution in [-0.4, -0.2) is 30.7 Å². The van der Waals surface area contributed by atoms with Crippen LogP contribution in [0.4, 0.5) is 11.4 Å². The summed E-state index contributed by atoms with van der Waals surface area (Å²) in [6, 6.07) is 23.9. The van der Waals surface area contributed by atoms with Gasteiger partial charge in [-0.15, -0.1) is 0 Å². The summed E-state index contributed by atoms with van der Waals surface area (Å²) >= 11 is 1.65. The molecular formula is C24H26N2O2S. The number of aryl methyl sites for hydroxylation is 2. The number of carbonyl (C=O) groups excluding carboxylic acids is 1. The highest BCUT2D eigenvalue weighted by atomic mass is 32.2. The van der Waals surface area contributed by atoms with E-state index in [-0.39, 0.29) is 19.1 Å². The maximum atomic E-state index is 12.7. The highest BCUT2D eigenvalue weighted by molar-refractivity contribution is 7.99. The van der Waals surface area contributed by atoms with Crippen molar-refractivity contribution >= 4 is 29.0 Å². The predicted octanol–water partition coefficient (Wildman–Crippen LogP) is 4.89. The number of anilines is 2. The minimum Gasteiger partial charge on any atom is -0.395 e. The van der Waals surface area contributed by atoms with Gasteiger partial charge in [-0.3, -0.25) is 4.79 Å². The van der Waals surface area contributed by atoms with Crippen molar-refractivity contribution in [2.45, 2.75) is 23.6 Å². The number of benzene rings is 3. The summed E-state index contributed by atoms with van der Waals surface area (Å²) in [4.78, 5) is 16.8. The Balaban J connectivity index is 1.73. The standard InChI is InChI=1S/C24H26N2O2S/c1-18-12-13-22(19(2)16-18)29-23-11-7-6-10-21(23)25-24(28)17-26(14-15-27)20-8-4-3-5-9-20/h3-13,16,27H,14-15,17H2,1-2H3,(H,25,28). The molecule has 0 bridgehead atoms. The van der Waals surface area contributed by atoms with Gasteiger partial charge in [0.25, 0.3) is 0 Å². The van der Waals surface area contributed by atoms with Gasteiger partial charge in [-0.2, -0.15) is 0 Å². The molecule has 3 rings (SSSR count). The van der Waals surface area contributed by atoms with Crippen molar-refractivity contribution in [3.8, 4) is 0 Å². The molecule has 0 unspecified atom stereocenters. The van der Waals surface area contributed by atoms with E-state index in [0.717, 1.165) is 16.3 Å². The zero-order chi connectivity index (χ0) is 20.6. The lowest BCUT2D eigenvalue weighted by molar-refractivity contribution is -0.115. The van der Waals surface area contributed by atoms with Gasteiger partial charge in [0.1, 0.15) is 0 Å². The Morgan fingerprint density at radius 1 is 0.966 bits per heavy atom. The number of aliphatic hydroxyl groups is 1. The molecule has 0 aliphatic carbocycles. The Morgan fingerprint density at radius 3 is 2.41 bits per heavy atom. The van der Waals surface area contributed by atoms with Crippen LogP contribution in [0.2, 0.25) is 0 Å². The number of amides is 1. The van der Waals surface area contributed by atoms with Crippen LogP contribution in [0.5, 0.6) is 0 Å². The van der Waals surface area contributed by atoms with Crippen LogP contribution >= 0.6 is 11.8 Å². The van der Waals surface area contributed by atoms with Gasteiger partial charge >= 0.3 is 0 Å². The second-order valence-corrected chi connectivity index (χ2v) is 7.98. The van der Waals surface area contributed by atoms with Crippen molar-refractivity contribution in [3.05, 3.63) is 83.9 Å². The molecule has 0 saturated heterocycles.